The van der Waals surface area contributed by atoms with Crippen LogP contribution in [0.5, 0.6) is 5.75 Å². The third-order valence-corrected chi connectivity index (χ3v) is 3.89. The molecule has 0 radical (unpaired) electrons. The highest BCUT2D eigenvalue weighted by Crippen LogP contribution is 2.30. The average Bonchev–Trinajstić information content (AvgIpc) is 2.66. The normalized spacial score (nSPS) is 10.8. The highest BCUT2D eigenvalue weighted by molar-refractivity contribution is 5.95. The van der Waals surface area contributed by atoms with Crippen LogP contribution < -0.4 is 16.0 Å². The van der Waals surface area contributed by atoms with Gasteiger partial charge in [0, 0.05) is 6.20 Å². The molecule has 0 saturated heterocycles. The standard InChI is InChI=1S/C19H16F2N2O4/c1-2-26-19(25)13-9-23(22)16-12(17(13)24)8-14(20)15(21)18(16)27-10-11-6-4-3-5-7-11/h3-9H,2,10,22H2,1H3. The van der Waals surface area contributed by atoms with Gasteiger partial charge in [-0.3, -0.25) is 9.47 Å². The number of rotatable bonds is 5. The van der Waals surface area contributed by atoms with Crippen LogP contribution in [0.15, 0.2) is 47.4 Å². The minimum atomic E-state index is -1.29. The summed E-state index contributed by atoms with van der Waals surface area (Å²) < 4.78 is 39.5. The van der Waals surface area contributed by atoms with Crippen LogP contribution in [-0.2, 0) is 11.3 Å². The molecule has 3 aromatic rings. The molecule has 2 N–H and O–H groups in total. The van der Waals surface area contributed by atoms with Gasteiger partial charge < -0.3 is 15.3 Å². The van der Waals surface area contributed by atoms with E-state index < -0.39 is 28.8 Å². The number of halogens is 2. The first kappa shape index (κ1) is 18.4. The second-order valence-corrected chi connectivity index (χ2v) is 5.67. The summed E-state index contributed by atoms with van der Waals surface area (Å²) in [5.74, 6) is 1.87. The van der Waals surface area contributed by atoms with Crippen LogP contribution in [-0.4, -0.2) is 17.3 Å². The molecule has 140 valence electrons. The number of nitrogens with two attached hydrogens (primary N) is 1. The average molecular weight is 374 g/mol. The van der Waals surface area contributed by atoms with Crippen LogP contribution in [0.2, 0.25) is 0 Å². The fourth-order valence-electron chi connectivity index (χ4n) is 2.65. The van der Waals surface area contributed by atoms with Crippen molar-refractivity contribution in [3.63, 3.8) is 0 Å². The highest BCUT2D eigenvalue weighted by Gasteiger charge is 2.23. The van der Waals surface area contributed by atoms with Crippen molar-refractivity contribution in [2.75, 3.05) is 12.4 Å². The minimum absolute atomic E-state index is 0.0457. The molecule has 2 aromatic carbocycles. The van der Waals surface area contributed by atoms with E-state index >= 15 is 0 Å². The van der Waals surface area contributed by atoms with Crippen molar-refractivity contribution in [3.05, 3.63) is 75.6 Å². The number of aromatic nitrogens is 1. The van der Waals surface area contributed by atoms with Crippen molar-refractivity contribution in [1.29, 1.82) is 0 Å². The molecular formula is C19H16F2N2O4. The molecule has 0 bridgehead atoms. The van der Waals surface area contributed by atoms with Gasteiger partial charge in [-0.15, -0.1) is 0 Å². The zero-order chi connectivity index (χ0) is 19.6. The number of nitrogens with zero attached hydrogens (tertiary/aromatic N) is 1. The molecule has 27 heavy (non-hydrogen) atoms. The van der Waals surface area contributed by atoms with E-state index in [0.717, 1.165) is 10.9 Å². The van der Waals surface area contributed by atoms with E-state index in [4.69, 9.17) is 15.3 Å². The predicted molar refractivity (Wildman–Crippen MR) is 95.0 cm³/mol. The fraction of sp³-hybridized carbons (Fsp3) is 0.158. The Morgan fingerprint density at radius 2 is 1.93 bits per heavy atom. The van der Waals surface area contributed by atoms with Gasteiger partial charge in [0.1, 0.15) is 17.7 Å². The van der Waals surface area contributed by atoms with Crippen LogP contribution in [0.1, 0.15) is 22.8 Å². The molecule has 3 rings (SSSR count). The number of carbonyl (C=O) groups excluding carboxylic acids is 1. The van der Waals surface area contributed by atoms with Gasteiger partial charge in [0.15, 0.2) is 11.6 Å². The Bertz CT molecular complexity index is 1060. The minimum Gasteiger partial charge on any atom is -0.483 e. The van der Waals surface area contributed by atoms with E-state index in [1.165, 1.54) is 0 Å². The summed E-state index contributed by atoms with van der Waals surface area (Å²) in [7, 11) is 0. The molecule has 0 unspecified atom stereocenters. The molecular weight excluding hydrogens is 358 g/mol. The van der Waals surface area contributed by atoms with Crippen molar-refractivity contribution in [2.45, 2.75) is 13.5 Å². The lowest BCUT2D eigenvalue weighted by Gasteiger charge is -2.15. The molecule has 0 fully saturated rings. The van der Waals surface area contributed by atoms with Crippen molar-refractivity contribution in [3.8, 4) is 5.75 Å². The number of esters is 1. The molecule has 0 atom stereocenters. The predicted octanol–water partition coefficient (Wildman–Crippen LogP) is 2.75. The fourth-order valence-corrected chi connectivity index (χ4v) is 2.65. The first-order valence-electron chi connectivity index (χ1n) is 8.10. The number of hydrogen-bond acceptors (Lipinski definition) is 5. The number of carbonyl (C=O) groups is 1. The zero-order valence-electron chi connectivity index (χ0n) is 14.4. The smallest absolute Gasteiger partial charge is 0.343 e. The Hall–Kier alpha value is -3.42. The van der Waals surface area contributed by atoms with Gasteiger partial charge in [0.2, 0.25) is 11.2 Å². The molecule has 0 spiro atoms. The Balaban J connectivity index is 2.16. The lowest BCUT2D eigenvalue weighted by Crippen LogP contribution is -2.24. The first-order valence-corrected chi connectivity index (χ1v) is 8.10. The Morgan fingerprint density at radius 3 is 2.59 bits per heavy atom. The lowest BCUT2D eigenvalue weighted by atomic mass is 10.1. The Labute approximate surface area is 152 Å². The molecule has 0 aliphatic rings. The summed E-state index contributed by atoms with van der Waals surface area (Å²) in [6.45, 7) is 1.55. The van der Waals surface area contributed by atoms with E-state index in [-0.39, 0.29) is 29.7 Å². The summed E-state index contributed by atoms with van der Waals surface area (Å²) in [5, 5.41) is -0.287. The van der Waals surface area contributed by atoms with Crippen LogP contribution in [0.25, 0.3) is 10.9 Å². The number of nitrogen functional groups attached to an aromatic ring is 1. The maximum Gasteiger partial charge on any atom is 0.343 e. The van der Waals surface area contributed by atoms with Crippen LogP contribution in [0, 0.1) is 11.6 Å². The number of fused-ring (bicyclic) bond motifs is 1. The van der Waals surface area contributed by atoms with E-state index in [0.29, 0.717) is 11.6 Å². The monoisotopic (exact) mass is 374 g/mol. The molecule has 1 aromatic heterocycles. The van der Waals surface area contributed by atoms with Gasteiger partial charge >= 0.3 is 5.97 Å². The van der Waals surface area contributed by atoms with E-state index in [1.54, 1.807) is 37.3 Å². The van der Waals surface area contributed by atoms with E-state index in [9.17, 15) is 18.4 Å². The Morgan fingerprint density at radius 1 is 1.22 bits per heavy atom. The van der Waals surface area contributed by atoms with E-state index in [2.05, 4.69) is 0 Å². The third kappa shape index (κ3) is 3.46. The molecule has 1 heterocycles. The summed E-state index contributed by atoms with van der Waals surface area (Å²) in [6.07, 6.45) is 1.01. The van der Waals surface area contributed by atoms with Crippen LogP contribution in [0.4, 0.5) is 8.78 Å². The quantitative estimate of drug-likeness (QED) is 0.548. The molecule has 8 heteroatoms. The second kappa shape index (κ2) is 7.45. The third-order valence-electron chi connectivity index (χ3n) is 3.89. The van der Waals surface area contributed by atoms with Gasteiger partial charge in [0.25, 0.3) is 0 Å². The molecule has 0 amide bonds. The number of ether oxygens (including phenoxy) is 2. The molecule has 0 aliphatic heterocycles. The maximum atomic E-state index is 14.4. The van der Waals surface area contributed by atoms with Gasteiger partial charge in [-0.05, 0) is 18.6 Å². The van der Waals surface area contributed by atoms with Gasteiger partial charge in [0.05, 0.1) is 12.0 Å². The molecule has 0 aliphatic carbocycles. The lowest BCUT2D eigenvalue weighted by molar-refractivity contribution is 0.0524. The van der Waals surface area contributed by atoms with Crippen LogP contribution in [0.3, 0.4) is 0 Å². The van der Waals surface area contributed by atoms with Crippen molar-refractivity contribution in [1.82, 2.24) is 4.68 Å². The van der Waals surface area contributed by atoms with Crippen molar-refractivity contribution < 1.29 is 23.0 Å². The van der Waals surface area contributed by atoms with Gasteiger partial charge in [-0.1, -0.05) is 30.3 Å². The van der Waals surface area contributed by atoms with Crippen molar-refractivity contribution in [2.24, 2.45) is 0 Å². The van der Waals surface area contributed by atoms with Gasteiger partial charge in [-0.2, -0.15) is 4.39 Å². The van der Waals surface area contributed by atoms with E-state index in [1.807, 2.05) is 0 Å². The first-order chi connectivity index (χ1) is 12.9. The summed E-state index contributed by atoms with van der Waals surface area (Å²) in [5.41, 5.74) is -0.660. The van der Waals surface area contributed by atoms with Gasteiger partial charge in [-0.25, -0.2) is 9.18 Å². The van der Waals surface area contributed by atoms with Crippen molar-refractivity contribution >= 4 is 16.9 Å². The maximum absolute atomic E-state index is 14.4. The molecule has 6 nitrogen and oxygen atoms in total. The summed E-state index contributed by atoms with van der Waals surface area (Å²) >= 11 is 0. The van der Waals surface area contributed by atoms with Crippen LogP contribution >= 0.6 is 0 Å². The highest BCUT2D eigenvalue weighted by atomic mass is 19.2. The molecule has 0 saturated carbocycles. The number of hydrogen-bond donors (Lipinski definition) is 1. The number of pyridine rings is 1. The number of benzene rings is 2. The zero-order valence-corrected chi connectivity index (χ0v) is 14.4. The second-order valence-electron chi connectivity index (χ2n) is 5.67. The SMILES string of the molecule is CCOC(=O)c1cn(N)c2c(OCc3ccccc3)c(F)c(F)cc2c1=O. The summed E-state index contributed by atoms with van der Waals surface area (Å²) in [4.78, 5) is 24.5. The largest absolute Gasteiger partial charge is 0.483 e. The Kier molecular flexibility index (Phi) is 5.07. The topological polar surface area (TPSA) is 83.6 Å². The summed E-state index contributed by atoms with van der Waals surface area (Å²) in [6, 6.07) is 9.51.